The van der Waals surface area contributed by atoms with Gasteiger partial charge in [-0.25, -0.2) is 0 Å². The largest absolute Gasteiger partial charge is 0.481 e. The van der Waals surface area contributed by atoms with Crippen LogP contribution in [-0.2, 0) is 4.79 Å². The quantitative estimate of drug-likeness (QED) is 0.914. The van der Waals surface area contributed by atoms with E-state index in [0.29, 0.717) is 12.8 Å². The number of nitrogens with zero attached hydrogens (tertiary/aromatic N) is 1. The molecule has 0 radical (unpaired) electrons. The summed E-state index contributed by atoms with van der Waals surface area (Å²) < 4.78 is 0. The van der Waals surface area contributed by atoms with Crippen molar-refractivity contribution >= 4 is 23.2 Å². The minimum Gasteiger partial charge on any atom is -0.481 e. The molecule has 98 valence electrons. The minimum absolute atomic E-state index is 0.00527. The van der Waals surface area contributed by atoms with Crippen molar-refractivity contribution in [1.29, 1.82) is 0 Å². The van der Waals surface area contributed by atoms with E-state index in [1.54, 1.807) is 23.3 Å². The van der Waals surface area contributed by atoms with Crippen molar-refractivity contribution in [3.05, 3.63) is 21.4 Å². The van der Waals surface area contributed by atoms with Gasteiger partial charge in [0.15, 0.2) is 0 Å². The normalized spacial score (nSPS) is 22.4. The van der Waals surface area contributed by atoms with E-state index in [0.717, 1.165) is 16.0 Å². The highest BCUT2D eigenvalue weighted by atomic mass is 32.1. The molecule has 0 saturated heterocycles. The van der Waals surface area contributed by atoms with Crippen molar-refractivity contribution in [2.45, 2.75) is 32.7 Å². The molecule has 1 aromatic heterocycles. The Hall–Kier alpha value is -1.36. The molecule has 0 unspecified atom stereocenters. The maximum Gasteiger partial charge on any atom is 0.306 e. The van der Waals surface area contributed by atoms with Gasteiger partial charge in [-0.3, -0.25) is 9.59 Å². The monoisotopic (exact) mass is 267 g/mol. The second-order valence-corrected chi connectivity index (χ2v) is 5.99. The molecule has 1 aromatic rings. The van der Waals surface area contributed by atoms with Crippen LogP contribution in [0.3, 0.4) is 0 Å². The Bertz CT molecular complexity index is 488. The first-order chi connectivity index (χ1) is 8.41. The molecule has 2 rings (SSSR count). The van der Waals surface area contributed by atoms with Gasteiger partial charge in [-0.05, 0) is 32.3 Å². The number of carboxylic acids is 1. The molecule has 1 saturated carbocycles. The number of carbonyl (C=O) groups is 2. The van der Waals surface area contributed by atoms with Crippen molar-refractivity contribution in [2.75, 3.05) is 7.05 Å². The summed E-state index contributed by atoms with van der Waals surface area (Å²) in [6.07, 6.45) is 1.14. The molecule has 4 nitrogen and oxygen atoms in total. The molecule has 18 heavy (non-hydrogen) atoms. The summed E-state index contributed by atoms with van der Waals surface area (Å²) in [6.45, 7) is 3.95. The van der Waals surface area contributed by atoms with Gasteiger partial charge in [0, 0.05) is 23.3 Å². The van der Waals surface area contributed by atoms with Gasteiger partial charge >= 0.3 is 5.97 Å². The average molecular weight is 267 g/mol. The fraction of sp³-hybridized carbons (Fsp3) is 0.538. The van der Waals surface area contributed by atoms with Gasteiger partial charge < -0.3 is 10.0 Å². The van der Waals surface area contributed by atoms with Gasteiger partial charge in [-0.2, -0.15) is 0 Å². The van der Waals surface area contributed by atoms with Crippen molar-refractivity contribution < 1.29 is 14.7 Å². The van der Waals surface area contributed by atoms with Gasteiger partial charge in [0.2, 0.25) is 0 Å². The van der Waals surface area contributed by atoms with Gasteiger partial charge in [-0.15, -0.1) is 11.3 Å². The molecule has 1 heterocycles. The van der Waals surface area contributed by atoms with Gasteiger partial charge in [-0.1, -0.05) is 0 Å². The molecular formula is C13H17NO3S. The van der Waals surface area contributed by atoms with Gasteiger partial charge in [0.05, 0.1) is 11.5 Å². The lowest BCUT2D eigenvalue weighted by Gasteiger charge is -2.39. The molecule has 0 aliphatic heterocycles. The van der Waals surface area contributed by atoms with Gasteiger partial charge in [0.1, 0.15) is 0 Å². The zero-order chi connectivity index (χ0) is 13.4. The summed E-state index contributed by atoms with van der Waals surface area (Å²) in [4.78, 5) is 25.9. The second kappa shape index (κ2) is 4.72. The number of hydrogen-bond acceptors (Lipinski definition) is 3. The SMILES string of the molecule is Cc1scc(C(=O)N(C)C2CC(C(=O)O)C2)c1C. The van der Waals surface area contributed by atoms with E-state index in [1.807, 2.05) is 19.2 Å². The number of carbonyl (C=O) groups excluding carboxylic acids is 1. The van der Waals surface area contributed by atoms with E-state index in [2.05, 4.69) is 0 Å². The lowest BCUT2D eigenvalue weighted by Crippen LogP contribution is -2.47. The zero-order valence-corrected chi connectivity index (χ0v) is 11.6. The predicted octanol–water partition coefficient (Wildman–Crippen LogP) is 2.30. The molecule has 1 fully saturated rings. The summed E-state index contributed by atoms with van der Waals surface area (Å²) in [5.41, 5.74) is 1.78. The van der Waals surface area contributed by atoms with Gasteiger partial charge in [0.25, 0.3) is 5.91 Å². The number of rotatable bonds is 3. The van der Waals surface area contributed by atoms with Crippen molar-refractivity contribution in [2.24, 2.45) is 5.92 Å². The van der Waals surface area contributed by atoms with Crippen LogP contribution in [0, 0.1) is 19.8 Å². The predicted molar refractivity (Wildman–Crippen MR) is 70.0 cm³/mol. The molecular weight excluding hydrogens is 250 g/mol. The first kappa shape index (κ1) is 13.1. The molecule has 1 aliphatic rings. The Kier molecular flexibility index (Phi) is 3.43. The highest BCUT2D eigenvalue weighted by Gasteiger charge is 2.38. The Labute approximate surface area is 110 Å². The Morgan fingerprint density at radius 1 is 1.39 bits per heavy atom. The summed E-state index contributed by atoms with van der Waals surface area (Å²) in [5, 5.41) is 10.7. The Morgan fingerprint density at radius 2 is 2.00 bits per heavy atom. The maximum atomic E-state index is 12.3. The average Bonchev–Trinajstić information content (AvgIpc) is 2.56. The van der Waals surface area contributed by atoms with E-state index < -0.39 is 5.97 Å². The van der Waals surface area contributed by atoms with Crippen LogP contribution in [0.4, 0.5) is 0 Å². The molecule has 1 aliphatic carbocycles. The van der Waals surface area contributed by atoms with Crippen molar-refractivity contribution in [3.8, 4) is 0 Å². The van der Waals surface area contributed by atoms with Crippen LogP contribution in [0.5, 0.6) is 0 Å². The molecule has 1 N–H and O–H groups in total. The van der Waals surface area contributed by atoms with Crippen LogP contribution in [0.25, 0.3) is 0 Å². The number of amides is 1. The number of carboxylic acid groups (broad SMARTS) is 1. The molecule has 0 spiro atoms. The maximum absolute atomic E-state index is 12.3. The third-order valence-corrected chi connectivity index (χ3v) is 4.86. The molecule has 1 amide bonds. The van der Waals surface area contributed by atoms with Crippen LogP contribution in [0.1, 0.15) is 33.6 Å². The lowest BCUT2D eigenvalue weighted by atomic mass is 9.79. The van der Waals surface area contributed by atoms with E-state index in [-0.39, 0.29) is 17.9 Å². The van der Waals surface area contributed by atoms with E-state index in [4.69, 9.17) is 5.11 Å². The van der Waals surface area contributed by atoms with E-state index in [1.165, 1.54) is 0 Å². The highest BCUT2D eigenvalue weighted by Crippen LogP contribution is 2.32. The minimum atomic E-state index is -0.755. The summed E-state index contributed by atoms with van der Waals surface area (Å²) >= 11 is 1.58. The topological polar surface area (TPSA) is 57.6 Å². The Morgan fingerprint density at radius 3 is 2.44 bits per heavy atom. The molecule has 0 atom stereocenters. The fourth-order valence-electron chi connectivity index (χ4n) is 2.19. The number of hydrogen-bond donors (Lipinski definition) is 1. The summed E-state index contributed by atoms with van der Waals surface area (Å²) in [7, 11) is 1.76. The summed E-state index contributed by atoms with van der Waals surface area (Å²) in [6, 6.07) is 0.0678. The molecule has 5 heteroatoms. The molecule has 0 aromatic carbocycles. The number of aryl methyl sites for hydroxylation is 1. The number of aliphatic carboxylic acids is 1. The van der Waals surface area contributed by atoms with Crippen molar-refractivity contribution in [1.82, 2.24) is 4.90 Å². The van der Waals surface area contributed by atoms with Crippen LogP contribution >= 0.6 is 11.3 Å². The van der Waals surface area contributed by atoms with Crippen LogP contribution < -0.4 is 0 Å². The Balaban J connectivity index is 2.03. The van der Waals surface area contributed by atoms with E-state index >= 15 is 0 Å². The molecule has 0 bridgehead atoms. The van der Waals surface area contributed by atoms with Crippen molar-refractivity contribution in [3.63, 3.8) is 0 Å². The van der Waals surface area contributed by atoms with E-state index in [9.17, 15) is 9.59 Å². The smallest absolute Gasteiger partial charge is 0.306 e. The zero-order valence-electron chi connectivity index (χ0n) is 10.8. The fourth-order valence-corrected chi connectivity index (χ4v) is 3.04. The second-order valence-electron chi connectivity index (χ2n) is 4.91. The summed E-state index contributed by atoms with van der Waals surface area (Å²) in [5.74, 6) is -1.03. The van der Waals surface area contributed by atoms with Crippen LogP contribution in [-0.4, -0.2) is 35.0 Å². The lowest BCUT2D eigenvalue weighted by molar-refractivity contribution is -0.146. The first-order valence-corrected chi connectivity index (χ1v) is 6.84. The van der Waals surface area contributed by atoms with Crippen LogP contribution in [0.15, 0.2) is 5.38 Å². The highest BCUT2D eigenvalue weighted by molar-refractivity contribution is 7.10. The third-order valence-electron chi connectivity index (χ3n) is 3.85. The standard InChI is InChI=1S/C13H17NO3S/c1-7-8(2)18-6-11(7)12(15)14(3)10-4-9(5-10)13(16)17/h6,9-10H,4-5H2,1-3H3,(H,16,17). The first-order valence-electron chi connectivity index (χ1n) is 5.96. The van der Waals surface area contributed by atoms with Crippen LogP contribution in [0.2, 0.25) is 0 Å². The third kappa shape index (κ3) is 2.14. The number of thiophene rings is 1.